The Bertz CT molecular complexity index is 977. The van der Waals surface area contributed by atoms with Crippen LogP contribution in [0.5, 0.6) is 11.5 Å². The number of likely N-dealkylation sites (N-methyl/N-ethyl adjacent to an activating group) is 1. The third kappa shape index (κ3) is 4.57. The molecule has 0 saturated carbocycles. The fourth-order valence-corrected chi connectivity index (χ4v) is 3.53. The van der Waals surface area contributed by atoms with Gasteiger partial charge in [0, 0.05) is 12.1 Å². The molecule has 0 saturated heterocycles. The highest BCUT2D eigenvalue weighted by Crippen LogP contribution is 2.31. The van der Waals surface area contributed by atoms with Crippen molar-refractivity contribution < 1.29 is 22.7 Å². The molecule has 0 spiro atoms. The number of halogens is 1. The number of rotatable bonds is 6. The molecule has 0 aromatic heterocycles. The van der Waals surface area contributed by atoms with Gasteiger partial charge < -0.3 is 9.47 Å². The van der Waals surface area contributed by atoms with Crippen molar-refractivity contribution in [3.63, 3.8) is 0 Å². The van der Waals surface area contributed by atoms with Gasteiger partial charge in [-0.2, -0.15) is 9.41 Å². The summed E-state index contributed by atoms with van der Waals surface area (Å²) >= 11 is 5.76. The fourth-order valence-electron chi connectivity index (χ4n) is 2.28. The molecule has 0 aliphatic carbocycles. The van der Waals surface area contributed by atoms with Crippen LogP contribution in [0.15, 0.2) is 52.5 Å². The Kier molecular flexibility index (Phi) is 5.64. The predicted molar refractivity (Wildman–Crippen MR) is 99.6 cm³/mol. The van der Waals surface area contributed by atoms with Gasteiger partial charge in [0.2, 0.25) is 16.8 Å². The SMILES string of the molecule is CN(CC(=O)N/N=C\c1ccc2c(c1)OCO2)S(=O)(=O)c1ccc(Cl)cc1. The number of hydrogen-bond donors (Lipinski definition) is 1. The van der Waals surface area contributed by atoms with Crippen molar-refractivity contribution in [2.45, 2.75) is 4.90 Å². The monoisotopic (exact) mass is 409 g/mol. The summed E-state index contributed by atoms with van der Waals surface area (Å²) in [6.07, 6.45) is 1.42. The minimum atomic E-state index is -3.80. The second-order valence-electron chi connectivity index (χ2n) is 5.62. The maximum absolute atomic E-state index is 12.4. The summed E-state index contributed by atoms with van der Waals surface area (Å²) in [5, 5.41) is 4.25. The van der Waals surface area contributed by atoms with E-state index in [4.69, 9.17) is 21.1 Å². The van der Waals surface area contributed by atoms with Crippen molar-refractivity contribution in [1.29, 1.82) is 0 Å². The van der Waals surface area contributed by atoms with E-state index in [9.17, 15) is 13.2 Å². The van der Waals surface area contributed by atoms with Crippen molar-refractivity contribution >= 4 is 33.7 Å². The van der Waals surface area contributed by atoms with Crippen molar-refractivity contribution in [3.05, 3.63) is 53.1 Å². The second kappa shape index (κ2) is 7.95. The van der Waals surface area contributed by atoms with E-state index in [-0.39, 0.29) is 18.2 Å². The maximum Gasteiger partial charge on any atom is 0.255 e. The largest absolute Gasteiger partial charge is 0.454 e. The van der Waals surface area contributed by atoms with Crippen LogP contribution in [0.2, 0.25) is 5.02 Å². The quantitative estimate of drug-likeness (QED) is 0.580. The summed E-state index contributed by atoms with van der Waals surface area (Å²) in [5.74, 6) is 0.663. The van der Waals surface area contributed by atoms with Gasteiger partial charge >= 0.3 is 0 Å². The first kappa shape index (κ1) is 19.2. The van der Waals surface area contributed by atoms with Gasteiger partial charge in [-0.1, -0.05) is 11.6 Å². The van der Waals surface area contributed by atoms with Gasteiger partial charge in [0.1, 0.15) is 0 Å². The minimum Gasteiger partial charge on any atom is -0.454 e. The van der Waals surface area contributed by atoms with Crippen LogP contribution in [0.4, 0.5) is 0 Å². The lowest BCUT2D eigenvalue weighted by Crippen LogP contribution is -2.36. The van der Waals surface area contributed by atoms with E-state index in [1.807, 2.05) is 0 Å². The zero-order valence-electron chi connectivity index (χ0n) is 14.3. The van der Waals surface area contributed by atoms with Crippen LogP contribution >= 0.6 is 11.6 Å². The van der Waals surface area contributed by atoms with E-state index < -0.39 is 15.9 Å². The highest BCUT2D eigenvalue weighted by atomic mass is 35.5. The number of carbonyl (C=O) groups excluding carboxylic acids is 1. The van der Waals surface area contributed by atoms with Crippen LogP contribution < -0.4 is 14.9 Å². The van der Waals surface area contributed by atoms with E-state index in [1.54, 1.807) is 18.2 Å². The molecule has 10 heteroatoms. The molecule has 2 aromatic carbocycles. The molecule has 0 unspecified atom stereocenters. The Morgan fingerprint density at radius 1 is 1.22 bits per heavy atom. The summed E-state index contributed by atoms with van der Waals surface area (Å²) in [6, 6.07) is 10.9. The number of ether oxygens (including phenoxy) is 2. The maximum atomic E-state index is 12.4. The summed E-state index contributed by atoms with van der Waals surface area (Å²) in [7, 11) is -2.49. The Balaban J connectivity index is 1.57. The topological polar surface area (TPSA) is 97.3 Å². The fraction of sp³-hybridized carbons (Fsp3) is 0.176. The van der Waals surface area contributed by atoms with E-state index in [1.165, 1.54) is 37.5 Å². The Hall–Kier alpha value is -2.62. The molecular weight excluding hydrogens is 394 g/mol. The number of nitrogens with zero attached hydrogens (tertiary/aromatic N) is 2. The molecular formula is C17H16ClN3O5S. The number of nitrogens with one attached hydrogen (secondary N) is 1. The lowest BCUT2D eigenvalue weighted by atomic mass is 10.2. The molecule has 0 radical (unpaired) electrons. The van der Waals surface area contributed by atoms with Gasteiger partial charge in [-0.05, 0) is 48.0 Å². The number of sulfonamides is 1. The molecule has 1 aliphatic rings. The van der Waals surface area contributed by atoms with Gasteiger partial charge in [0.05, 0.1) is 17.7 Å². The molecule has 3 rings (SSSR count). The smallest absolute Gasteiger partial charge is 0.255 e. The predicted octanol–water partition coefficient (Wildman–Crippen LogP) is 1.84. The summed E-state index contributed by atoms with van der Waals surface area (Å²) < 4.78 is 36.2. The van der Waals surface area contributed by atoms with Gasteiger partial charge in [-0.25, -0.2) is 13.8 Å². The average Bonchev–Trinajstić information content (AvgIpc) is 3.10. The minimum absolute atomic E-state index is 0.0473. The zero-order valence-corrected chi connectivity index (χ0v) is 15.8. The van der Waals surface area contributed by atoms with E-state index in [0.717, 1.165) is 4.31 Å². The molecule has 1 amide bonds. The molecule has 8 nitrogen and oxygen atoms in total. The van der Waals surface area contributed by atoms with Crippen LogP contribution in [0.3, 0.4) is 0 Å². The first-order chi connectivity index (χ1) is 12.9. The third-order valence-corrected chi connectivity index (χ3v) is 5.76. The van der Waals surface area contributed by atoms with Crippen LogP contribution in [-0.2, 0) is 14.8 Å². The molecule has 142 valence electrons. The van der Waals surface area contributed by atoms with Crippen LogP contribution in [-0.4, -0.2) is 45.2 Å². The molecule has 0 bridgehead atoms. The average molecular weight is 410 g/mol. The number of benzene rings is 2. The molecule has 1 N–H and O–H groups in total. The molecule has 27 heavy (non-hydrogen) atoms. The van der Waals surface area contributed by atoms with Gasteiger partial charge in [-0.3, -0.25) is 4.79 Å². The van der Waals surface area contributed by atoms with Crippen molar-refractivity contribution in [1.82, 2.24) is 9.73 Å². The van der Waals surface area contributed by atoms with Gasteiger partial charge in [0.25, 0.3) is 5.91 Å². The summed E-state index contributed by atoms with van der Waals surface area (Å²) in [5.41, 5.74) is 2.99. The van der Waals surface area contributed by atoms with E-state index >= 15 is 0 Å². The number of amides is 1. The van der Waals surface area contributed by atoms with Crippen molar-refractivity contribution in [2.24, 2.45) is 5.10 Å². The highest BCUT2D eigenvalue weighted by molar-refractivity contribution is 7.89. The molecule has 0 fully saturated rings. The Labute approximate surface area is 161 Å². The van der Waals surface area contributed by atoms with Crippen molar-refractivity contribution in [2.75, 3.05) is 20.4 Å². The number of carbonyl (C=O) groups is 1. The molecule has 1 aliphatic heterocycles. The van der Waals surface area contributed by atoms with Crippen LogP contribution in [0, 0.1) is 0 Å². The standard InChI is InChI=1S/C17H16ClN3O5S/c1-21(27(23,24)14-5-3-13(18)4-6-14)10-17(22)20-19-9-12-2-7-15-16(8-12)26-11-25-15/h2-9H,10-11H2,1H3,(H,20,22)/b19-9-. The number of hydrogen-bond acceptors (Lipinski definition) is 6. The lowest BCUT2D eigenvalue weighted by molar-refractivity contribution is -0.121. The lowest BCUT2D eigenvalue weighted by Gasteiger charge is -2.16. The first-order valence-corrected chi connectivity index (χ1v) is 9.61. The second-order valence-corrected chi connectivity index (χ2v) is 8.10. The first-order valence-electron chi connectivity index (χ1n) is 7.80. The van der Waals surface area contributed by atoms with Gasteiger partial charge in [0.15, 0.2) is 11.5 Å². The zero-order chi connectivity index (χ0) is 19.4. The summed E-state index contributed by atoms with van der Waals surface area (Å²) in [4.78, 5) is 12.0. The Morgan fingerprint density at radius 3 is 2.67 bits per heavy atom. The Morgan fingerprint density at radius 2 is 1.93 bits per heavy atom. The van der Waals surface area contributed by atoms with E-state index in [0.29, 0.717) is 22.1 Å². The molecule has 0 atom stereocenters. The van der Waals surface area contributed by atoms with Gasteiger partial charge in [-0.15, -0.1) is 0 Å². The summed E-state index contributed by atoms with van der Waals surface area (Å²) in [6.45, 7) is -0.218. The van der Waals surface area contributed by atoms with Crippen LogP contribution in [0.1, 0.15) is 5.56 Å². The molecule has 1 heterocycles. The van der Waals surface area contributed by atoms with Crippen LogP contribution in [0.25, 0.3) is 0 Å². The third-order valence-electron chi connectivity index (χ3n) is 3.69. The highest BCUT2D eigenvalue weighted by Gasteiger charge is 2.22. The molecule has 2 aromatic rings. The van der Waals surface area contributed by atoms with E-state index in [2.05, 4.69) is 10.5 Å². The van der Waals surface area contributed by atoms with Crippen molar-refractivity contribution in [3.8, 4) is 11.5 Å². The number of fused-ring (bicyclic) bond motifs is 1. The normalized spacial score (nSPS) is 13.3. The number of hydrazone groups is 1.